The summed E-state index contributed by atoms with van der Waals surface area (Å²) < 4.78 is 21.6. The Labute approximate surface area is 179 Å². The van der Waals surface area contributed by atoms with Crippen LogP contribution in [0.2, 0.25) is 0 Å². The van der Waals surface area contributed by atoms with Gasteiger partial charge < -0.3 is 28.5 Å². The summed E-state index contributed by atoms with van der Waals surface area (Å²) in [7, 11) is 0. The van der Waals surface area contributed by atoms with Gasteiger partial charge in [-0.3, -0.25) is 4.90 Å². The van der Waals surface area contributed by atoms with Crippen LogP contribution in [0.15, 0.2) is 45.6 Å². The molecule has 170 valence electrons. The molecule has 7 nitrogen and oxygen atoms in total. The van der Waals surface area contributed by atoms with E-state index in [0.29, 0.717) is 32.2 Å². The Morgan fingerprint density at radius 3 is 1.73 bits per heavy atom. The molecular formula is C23H37NO6. The van der Waals surface area contributed by atoms with E-state index in [1.54, 1.807) is 12.5 Å². The molecule has 0 saturated heterocycles. The molecule has 0 aromatic carbocycles. The highest BCUT2D eigenvalue weighted by molar-refractivity contribution is 4.96. The van der Waals surface area contributed by atoms with Crippen LogP contribution in [0.4, 0.5) is 0 Å². The summed E-state index contributed by atoms with van der Waals surface area (Å²) in [5.74, 6) is 2.07. The number of ether oxygens (including phenoxy) is 2. The number of furan rings is 2. The van der Waals surface area contributed by atoms with Gasteiger partial charge in [0, 0.05) is 19.1 Å². The first kappa shape index (κ1) is 24.6. The Kier molecular flexibility index (Phi) is 11.2. The molecule has 0 radical (unpaired) electrons. The molecule has 0 fully saturated rings. The fourth-order valence-corrected chi connectivity index (χ4v) is 3.22. The average Bonchev–Trinajstić information content (AvgIpc) is 3.39. The Hall–Kier alpha value is -1.64. The van der Waals surface area contributed by atoms with E-state index in [-0.39, 0.29) is 19.3 Å². The Morgan fingerprint density at radius 2 is 1.33 bits per heavy atom. The third-order valence-corrected chi connectivity index (χ3v) is 4.94. The predicted molar refractivity (Wildman–Crippen MR) is 114 cm³/mol. The molecule has 2 heterocycles. The van der Waals surface area contributed by atoms with Crippen LogP contribution in [0.3, 0.4) is 0 Å². The van der Waals surface area contributed by atoms with E-state index < -0.39 is 12.2 Å². The van der Waals surface area contributed by atoms with Gasteiger partial charge in [0.2, 0.25) is 0 Å². The number of hydrogen-bond acceptors (Lipinski definition) is 7. The molecule has 3 atom stereocenters. The molecule has 0 saturated carbocycles. The van der Waals surface area contributed by atoms with E-state index in [0.717, 1.165) is 24.4 Å². The molecule has 0 amide bonds. The molecule has 2 rings (SSSR count). The van der Waals surface area contributed by atoms with Gasteiger partial charge in [-0.25, -0.2) is 0 Å². The standard InChI is InChI=1S/C23H37NO6/c1-18(2)8-9-19(3)24(12-20(25)14-27-16-22-6-4-10-29-22)13-21(26)15-28-17-23-7-5-11-30-23/h4-7,10-11,18-21,25-26H,8-9,12-17H2,1-3H3/t19-,20-,21-/m0/s1. The SMILES string of the molecule is CC(C)CC[C@H](C)N(C[C@H](O)COCc1ccco1)C[C@H](O)COCc1ccco1. The van der Waals surface area contributed by atoms with Crippen molar-refractivity contribution in [1.82, 2.24) is 4.90 Å². The average molecular weight is 424 g/mol. The summed E-state index contributed by atoms with van der Waals surface area (Å²) in [5.41, 5.74) is 0. The highest BCUT2D eigenvalue weighted by Crippen LogP contribution is 2.14. The lowest BCUT2D eigenvalue weighted by atomic mass is 10.0. The van der Waals surface area contributed by atoms with Crippen LogP contribution in [0.1, 0.15) is 45.1 Å². The van der Waals surface area contributed by atoms with Crippen molar-refractivity contribution in [3.63, 3.8) is 0 Å². The second-order valence-corrected chi connectivity index (χ2v) is 8.27. The van der Waals surface area contributed by atoms with E-state index in [1.807, 2.05) is 24.3 Å². The van der Waals surface area contributed by atoms with Crippen molar-refractivity contribution >= 4 is 0 Å². The third-order valence-electron chi connectivity index (χ3n) is 4.94. The maximum absolute atomic E-state index is 10.5. The van der Waals surface area contributed by atoms with E-state index in [1.165, 1.54) is 0 Å². The maximum atomic E-state index is 10.5. The zero-order valence-corrected chi connectivity index (χ0v) is 18.4. The summed E-state index contributed by atoms with van der Waals surface area (Å²) in [4.78, 5) is 2.12. The van der Waals surface area contributed by atoms with Gasteiger partial charge in [0.25, 0.3) is 0 Å². The summed E-state index contributed by atoms with van der Waals surface area (Å²) in [6, 6.07) is 7.52. The molecule has 0 spiro atoms. The van der Waals surface area contributed by atoms with Crippen molar-refractivity contribution in [2.75, 3.05) is 26.3 Å². The Balaban J connectivity index is 1.78. The molecule has 2 aromatic rings. The fourth-order valence-electron chi connectivity index (χ4n) is 3.22. The molecule has 0 aliphatic heterocycles. The largest absolute Gasteiger partial charge is 0.467 e. The minimum Gasteiger partial charge on any atom is -0.467 e. The third kappa shape index (κ3) is 9.91. The van der Waals surface area contributed by atoms with Crippen molar-refractivity contribution in [3.05, 3.63) is 48.3 Å². The minimum absolute atomic E-state index is 0.208. The lowest BCUT2D eigenvalue weighted by molar-refractivity contribution is -0.0287. The van der Waals surface area contributed by atoms with Gasteiger partial charge in [-0.05, 0) is 49.9 Å². The van der Waals surface area contributed by atoms with Gasteiger partial charge in [0.15, 0.2) is 0 Å². The molecule has 30 heavy (non-hydrogen) atoms. The molecule has 0 aliphatic rings. The quantitative estimate of drug-likeness (QED) is 0.427. The summed E-state index contributed by atoms with van der Waals surface area (Å²) >= 11 is 0. The molecule has 0 unspecified atom stereocenters. The lowest BCUT2D eigenvalue weighted by Crippen LogP contribution is -2.45. The van der Waals surface area contributed by atoms with Crippen LogP contribution in [0.25, 0.3) is 0 Å². The number of rotatable bonds is 16. The molecule has 7 heteroatoms. The number of nitrogens with zero attached hydrogens (tertiary/aromatic N) is 1. The number of hydrogen-bond donors (Lipinski definition) is 2. The van der Waals surface area contributed by atoms with Crippen molar-refractivity contribution in [2.45, 2.75) is 65.1 Å². The van der Waals surface area contributed by atoms with Crippen LogP contribution in [0.5, 0.6) is 0 Å². The molecule has 2 N–H and O–H groups in total. The van der Waals surface area contributed by atoms with E-state index in [4.69, 9.17) is 18.3 Å². The first-order valence-corrected chi connectivity index (χ1v) is 10.7. The van der Waals surface area contributed by atoms with Crippen LogP contribution in [-0.4, -0.2) is 59.7 Å². The van der Waals surface area contributed by atoms with Gasteiger partial charge in [0.05, 0.1) is 37.9 Å². The summed E-state index contributed by atoms with van der Waals surface area (Å²) in [6.45, 7) is 8.46. The molecule has 0 aliphatic carbocycles. The zero-order chi connectivity index (χ0) is 21.8. The zero-order valence-electron chi connectivity index (χ0n) is 18.4. The lowest BCUT2D eigenvalue weighted by Gasteiger charge is -2.33. The van der Waals surface area contributed by atoms with Gasteiger partial charge in [-0.2, -0.15) is 0 Å². The van der Waals surface area contributed by atoms with Gasteiger partial charge >= 0.3 is 0 Å². The highest BCUT2D eigenvalue weighted by atomic mass is 16.5. The normalized spacial score (nSPS) is 15.0. The van der Waals surface area contributed by atoms with Gasteiger partial charge in [0.1, 0.15) is 24.7 Å². The first-order valence-electron chi connectivity index (χ1n) is 10.7. The summed E-state index contributed by atoms with van der Waals surface area (Å²) in [5, 5.41) is 20.9. The monoisotopic (exact) mass is 423 g/mol. The molecular weight excluding hydrogens is 386 g/mol. The Bertz CT molecular complexity index is 594. The van der Waals surface area contributed by atoms with Crippen molar-refractivity contribution < 1.29 is 28.5 Å². The van der Waals surface area contributed by atoms with Crippen LogP contribution in [-0.2, 0) is 22.7 Å². The smallest absolute Gasteiger partial charge is 0.129 e. The molecule has 0 bridgehead atoms. The van der Waals surface area contributed by atoms with Crippen LogP contribution >= 0.6 is 0 Å². The van der Waals surface area contributed by atoms with Gasteiger partial charge in [-0.1, -0.05) is 13.8 Å². The van der Waals surface area contributed by atoms with E-state index >= 15 is 0 Å². The number of aliphatic hydroxyl groups excluding tert-OH is 2. The number of aliphatic hydroxyl groups is 2. The Morgan fingerprint density at radius 1 is 0.833 bits per heavy atom. The van der Waals surface area contributed by atoms with Gasteiger partial charge in [-0.15, -0.1) is 0 Å². The van der Waals surface area contributed by atoms with E-state index in [2.05, 4.69) is 25.7 Å². The summed E-state index contributed by atoms with van der Waals surface area (Å²) in [6.07, 6.45) is 3.98. The highest BCUT2D eigenvalue weighted by Gasteiger charge is 2.21. The van der Waals surface area contributed by atoms with Crippen LogP contribution < -0.4 is 0 Å². The fraction of sp³-hybridized carbons (Fsp3) is 0.652. The topological polar surface area (TPSA) is 88.4 Å². The predicted octanol–water partition coefficient (Wildman–Crippen LogP) is 3.45. The molecule has 2 aromatic heterocycles. The van der Waals surface area contributed by atoms with Crippen LogP contribution in [0, 0.1) is 5.92 Å². The van der Waals surface area contributed by atoms with E-state index in [9.17, 15) is 10.2 Å². The second-order valence-electron chi connectivity index (χ2n) is 8.27. The minimum atomic E-state index is -0.655. The van der Waals surface area contributed by atoms with Crippen molar-refractivity contribution in [1.29, 1.82) is 0 Å². The second kappa shape index (κ2) is 13.6. The first-order chi connectivity index (χ1) is 14.4. The maximum Gasteiger partial charge on any atom is 0.129 e. The van der Waals surface area contributed by atoms with Crippen molar-refractivity contribution in [2.24, 2.45) is 5.92 Å². The van der Waals surface area contributed by atoms with Crippen molar-refractivity contribution in [3.8, 4) is 0 Å².